The van der Waals surface area contributed by atoms with E-state index in [0.29, 0.717) is 45.1 Å². The van der Waals surface area contributed by atoms with Crippen LogP contribution in [0.2, 0.25) is 10.0 Å². The summed E-state index contributed by atoms with van der Waals surface area (Å²) in [5, 5.41) is 11.8. The molecule has 3 N–H and O–H groups in total. The molecule has 1 heterocycles. The van der Waals surface area contributed by atoms with Crippen LogP contribution < -0.4 is 11.2 Å². The molecule has 0 bridgehead atoms. The van der Waals surface area contributed by atoms with Crippen molar-refractivity contribution < 1.29 is 14.0 Å². The van der Waals surface area contributed by atoms with Gasteiger partial charge in [0.2, 0.25) is 11.1 Å². The van der Waals surface area contributed by atoms with E-state index in [0.717, 1.165) is 11.8 Å². The molecule has 3 rings (SSSR count). The standard InChI is InChI=1S/C20H18Cl2FN5O2S/c1-11(29)25-7-6-12-2-3-13(8-17(12)23)18(30)10-31-20-27-26-19(28(20)24)15-5-4-14(21)9-16(15)22/h2-5,8-9H,6-7,10,24H2,1H3,(H,25,29). The molecule has 2 aromatic carbocycles. The molecule has 1 aromatic heterocycles. The van der Waals surface area contributed by atoms with Crippen LogP contribution in [0.1, 0.15) is 22.8 Å². The van der Waals surface area contributed by atoms with E-state index in [4.69, 9.17) is 29.0 Å². The zero-order valence-electron chi connectivity index (χ0n) is 16.4. The normalized spacial score (nSPS) is 10.8. The maximum absolute atomic E-state index is 14.3. The Balaban J connectivity index is 1.65. The largest absolute Gasteiger partial charge is 0.356 e. The van der Waals surface area contributed by atoms with Crippen molar-refractivity contribution >= 4 is 46.7 Å². The molecule has 0 saturated carbocycles. The quantitative estimate of drug-likeness (QED) is 0.288. The second-order valence-corrected chi connectivity index (χ2v) is 8.34. The van der Waals surface area contributed by atoms with Crippen LogP contribution >= 0.6 is 35.0 Å². The van der Waals surface area contributed by atoms with Crippen LogP contribution in [-0.4, -0.2) is 38.9 Å². The fraction of sp³-hybridized carbons (Fsp3) is 0.200. The van der Waals surface area contributed by atoms with Crippen LogP contribution in [0.4, 0.5) is 4.39 Å². The molecule has 3 aromatic rings. The molecular formula is C20H18Cl2FN5O2S. The second kappa shape index (κ2) is 10.1. The topological polar surface area (TPSA) is 103 Å². The summed E-state index contributed by atoms with van der Waals surface area (Å²) in [6.45, 7) is 1.71. The van der Waals surface area contributed by atoms with Gasteiger partial charge in [-0.3, -0.25) is 9.59 Å². The molecule has 0 aliphatic heterocycles. The number of carbonyl (C=O) groups excluding carboxylic acids is 2. The summed E-state index contributed by atoms with van der Waals surface area (Å²) < 4.78 is 15.5. The van der Waals surface area contributed by atoms with E-state index in [1.807, 2.05) is 0 Å². The molecule has 0 radical (unpaired) electrons. The van der Waals surface area contributed by atoms with Gasteiger partial charge in [0.05, 0.1) is 10.8 Å². The smallest absolute Gasteiger partial charge is 0.216 e. The van der Waals surface area contributed by atoms with E-state index in [1.54, 1.807) is 30.3 Å². The highest BCUT2D eigenvalue weighted by molar-refractivity contribution is 7.99. The Morgan fingerprint density at radius 1 is 1.19 bits per heavy atom. The highest BCUT2D eigenvalue weighted by Crippen LogP contribution is 2.30. The lowest BCUT2D eigenvalue weighted by atomic mass is 10.1. The molecule has 162 valence electrons. The molecule has 0 atom stereocenters. The number of hydrogen-bond acceptors (Lipinski definition) is 6. The summed E-state index contributed by atoms with van der Waals surface area (Å²) in [5.41, 5.74) is 1.21. The minimum Gasteiger partial charge on any atom is -0.356 e. The number of Topliss-reactive ketones (excluding diaryl/α,β-unsaturated/α-hetero) is 1. The van der Waals surface area contributed by atoms with Crippen LogP contribution in [-0.2, 0) is 11.2 Å². The molecule has 0 fully saturated rings. The number of rotatable bonds is 8. The molecule has 7 nitrogen and oxygen atoms in total. The van der Waals surface area contributed by atoms with Gasteiger partial charge in [-0.25, -0.2) is 9.07 Å². The van der Waals surface area contributed by atoms with E-state index < -0.39 is 5.82 Å². The lowest BCUT2D eigenvalue weighted by molar-refractivity contribution is -0.118. The van der Waals surface area contributed by atoms with Gasteiger partial charge in [0.15, 0.2) is 11.6 Å². The third-order valence-corrected chi connectivity index (χ3v) is 5.80. The number of nitrogens with zero attached hydrogens (tertiary/aromatic N) is 3. The minimum absolute atomic E-state index is 0.00559. The van der Waals surface area contributed by atoms with Gasteiger partial charge in [0.25, 0.3) is 0 Å². The zero-order chi connectivity index (χ0) is 22.5. The highest BCUT2D eigenvalue weighted by atomic mass is 35.5. The lowest BCUT2D eigenvalue weighted by Crippen LogP contribution is -2.22. The van der Waals surface area contributed by atoms with Gasteiger partial charge in [0.1, 0.15) is 5.82 Å². The number of amides is 1. The van der Waals surface area contributed by atoms with Gasteiger partial charge in [-0.05, 0) is 36.2 Å². The van der Waals surface area contributed by atoms with Crippen molar-refractivity contribution in [2.75, 3.05) is 18.1 Å². The first-order chi connectivity index (χ1) is 14.8. The van der Waals surface area contributed by atoms with Gasteiger partial charge in [-0.2, -0.15) is 0 Å². The number of nitrogens with one attached hydrogen (secondary N) is 1. The van der Waals surface area contributed by atoms with Crippen molar-refractivity contribution in [3.8, 4) is 11.4 Å². The van der Waals surface area contributed by atoms with Crippen molar-refractivity contribution in [2.45, 2.75) is 18.5 Å². The fourth-order valence-electron chi connectivity index (χ4n) is 2.74. The maximum atomic E-state index is 14.3. The Bertz CT molecular complexity index is 1140. The maximum Gasteiger partial charge on any atom is 0.216 e. The first kappa shape index (κ1) is 23.1. The number of hydrogen-bond donors (Lipinski definition) is 2. The van der Waals surface area contributed by atoms with E-state index in [-0.39, 0.29) is 23.0 Å². The molecule has 31 heavy (non-hydrogen) atoms. The SMILES string of the molecule is CC(=O)NCCc1ccc(C(=O)CSc2nnc(-c3ccc(Cl)cc3Cl)n2N)cc1F. The number of benzene rings is 2. The average Bonchev–Trinajstić information content (AvgIpc) is 3.07. The summed E-state index contributed by atoms with van der Waals surface area (Å²) in [6, 6.07) is 9.19. The fourth-order valence-corrected chi connectivity index (χ4v) is 3.98. The number of halogens is 3. The van der Waals surface area contributed by atoms with Gasteiger partial charge in [-0.1, -0.05) is 47.1 Å². The molecule has 0 spiro atoms. The monoisotopic (exact) mass is 481 g/mol. The molecule has 0 aliphatic carbocycles. The van der Waals surface area contributed by atoms with Crippen LogP contribution in [0.3, 0.4) is 0 Å². The van der Waals surface area contributed by atoms with Gasteiger partial charge < -0.3 is 11.2 Å². The van der Waals surface area contributed by atoms with Crippen LogP contribution in [0.5, 0.6) is 0 Å². The molecule has 0 aliphatic rings. The highest BCUT2D eigenvalue weighted by Gasteiger charge is 2.17. The van der Waals surface area contributed by atoms with E-state index in [1.165, 1.54) is 17.7 Å². The van der Waals surface area contributed by atoms with E-state index in [9.17, 15) is 14.0 Å². The number of nitrogen functional groups attached to an aromatic ring is 1. The third kappa shape index (κ3) is 5.75. The van der Waals surface area contributed by atoms with E-state index >= 15 is 0 Å². The third-order valence-electron chi connectivity index (χ3n) is 4.31. The Morgan fingerprint density at radius 2 is 1.97 bits per heavy atom. The Morgan fingerprint density at radius 3 is 2.65 bits per heavy atom. The number of thioether (sulfide) groups is 1. The zero-order valence-corrected chi connectivity index (χ0v) is 18.7. The van der Waals surface area contributed by atoms with Crippen molar-refractivity contribution in [3.05, 3.63) is 63.4 Å². The molecule has 0 unspecified atom stereocenters. The van der Waals surface area contributed by atoms with Crippen molar-refractivity contribution in [1.29, 1.82) is 0 Å². The predicted octanol–water partition coefficient (Wildman–Crippen LogP) is 3.76. The minimum atomic E-state index is -0.497. The van der Waals surface area contributed by atoms with Crippen molar-refractivity contribution in [3.63, 3.8) is 0 Å². The second-order valence-electron chi connectivity index (χ2n) is 6.55. The van der Waals surface area contributed by atoms with Gasteiger partial charge in [-0.15, -0.1) is 10.2 Å². The number of nitrogens with two attached hydrogens (primary N) is 1. The van der Waals surface area contributed by atoms with Crippen LogP contribution in [0, 0.1) is 5.82 Å². The van der Waals surface area contributed by atoms with E-state index in [2.05, 4.69) is 15.5 Å². The Hall–Kier alpha value is -2.62. The van der Waals surface area contributed by atoms with Crippen molar-refractivity contribution in [1.82, 2.24) is 20.2 Å². The molecule has 11 heteroatoms. The summed E-state index contributed by atoms with van der Waals surface area (Å²) in [4.78, 5) is 23.4. The molecule has 1 amide bonds. The molecule has 0 saturated heterocycles. The molecular weight excluding hydrogens is 464 g/mol. The lowest BCUT2D eigenvalue weighted by Gasteiger charge is -2.07. The summed E-state index contributed by atoms with van der Waals surface area (Å²) in [5.74, 6) is 5.41. The number of ketones is 1. The summed E-state index contributed by atoms with van der Waals surface area (Å²) in [6.07, 6.45) is 0.334. The Labute approximate surface area is 192 Å². The number of carbonyl (C=O) groups is 2. The van der Waals surface area contributed by atoms with Gasteiger partial charge >= 0.3 is 0 Å². The summed E-state index contributed by atoms with van der Waals surface area (Å²) in [7, 11) is 0. The van der Waals surface area contributed by atoms with Crippen LogP contribution in [0.15, 0.2) is 41.6 Å². The van der Waals surface area contributed by atoms with Gasteiger partial charge in [0, 0.05) is 29.6 Å². The first-order valence-corrected chi connectivity index (χ1v) is 10.8. The Kier molecular flexibility index (Phi) is 7.53. The van der Waals surface area contributed by atoms with Crippen molar-refractivity contribution in [2.24, 2.45) is 0 Å². The average molecular weight is 482 g/mol. The number of aromatic nitrogens is 3. The summed E-state index contributed by atoms with van der Waals surface area (Å²) >= 11 is 13.2. The first-order valence-electron chi connectivity index (χ1n) is 9.11. The predicted molar refractivity (Wildman–Crippen MR) is 119 cm³/mol. The van der Waals surface area contributed by atoms with Crippen LogP contribution in [0.25, 0.3) is 11.4 Å².